The van der Waals surface area contributed by atoms with Crippen molar-refractivity contribution < 1.29 is 15.0 Å². The molecule has 0 saturated heterocycles. The monoisotopic (exact) mass is 210 g/mol. The van der Waals surface area contributed by atoms with E-state index in [1.54, 1.807) is 16.8 Å². The number of rotatable bonds is 6. The molecule has 0 atom stereocenters. The summed E-state index contributed by atoms with van der Waals surface area (Å²) in [6.07, 6.45) is 3.75. The van der Waals surface area contributed by atoms with Crippen LogP contribution < -0.4 is 0 Å². The molecular weight excluding hydrogens is 196 g/mol. The lowest BCUT2D eigenvalue weighted by Crippen LogP contribution is -2.08. The molecule has 0 bridgehead atoms. The van der Waals surface area contributed by atoms with Crippen LogP contribution in [0.1, 0.15) is 11.5 Å². The molecule has 1 aromatic rings. The van der Waals surface area contributed by atoms with E-state index in [-0.39, 0.29) is 13.0 Å². The number of aliphatic hydroxyl groups excluding tert-OH is 1. The average Bonchev–Trinajstić information content (AvgIpc) is 2.48. The number of hydrogen-bond donors (Lipinski definition) is 2. The van der Waals surface area contributed by atoms with Crippen molar-refractivity contribution in [1.82, 2.24) is 9.55 Å². The van der Waals surface area contributed by atoms with Crippen LogP contribution >= 0.6 is 0 Å². The van der Waals surface area contributed by atoms with Gasteiger partial charge >= 0.3 is 5.97 Å². The van der Waals surface area contributed by atoms with E-state index in [2.05, 4.69) is 11.6 Å². The van der Waals surface area contributed by atoms with Gasteiger partial charge in [-0.25, -0.2) is 4.98 Å². The van der Waals surface area contributed by atoms with Crippen molar-refractivity contribution in [3.63, 3.8) is 0 Å². The molecule has 15 heavy (non-hydrogen) atoms. The van der Waals surface area contributed by atoms with E-state index in [1.165, 1.54) is 0 Å². The zero-order chi connectivity index (χ0) is 11.3. The van der Waals surface area contributed by atoms with Gasteiger partial charge in [-0.2, -0.15) is 0 Å². The minimum atomic E-state index is -0.915. The highest BCUT2D eigenvalue weighted by Gasteiger charge is 2.10. The van der Waals surface area contributed by atoms with Gasteiger partial charge in [0.15, 0.2) is 0 Å². The van der Waals surface area contributed by atoms with Crippen LogP contribution in [-0.4, -0.2) is 32.3 Å². The fourth-order valence-corrected chi connectivity index (χ4v) is 1.32. The largest absolute Gasteiger partial charge is 0.481 e. The number of allylic oxidation sites excluding steroid dienone is 1. The predicted octanol–water partition coefficient (Wildman–Crippen LogP) is 0.231. The van der Waals surface area contributed by atoms with Gasteiger partial charge < -0.3 is 14.8 Å². The number of hydrogen-bond acceptors (Lipinski definition) is 3. The van der Waals surface area contributed by atoms with Gasteiger partial charge in [0.1, 0.15) is 12.2 Å². The first-order chi connectivity index (χ1) is 7.17. The second-order valence-electron chi connectivity index (χ2n) is 3.13. The summed E-state index contributed by atoms with van der Waals surface area (Å²) in [4.78, 5) is 14.7. The van der Waals surface area contributed by atoms with Gasteiger partial charge in [-0.3, -0.25) is 4.79 Å². The first-order valence-electron chi connectivity index (χ1n) is 4.66. The van der Waals surface area contributed by atoms with Gasteiger partial charge in [0, 0.05) is 25.8 Å². The molecule has 5 nitrogen and oxygen atoms in total. The summed E-state index contributed by atoms with van der Waals surface area (Å²) in [7, 11) is 0. The first-order valence-corrected chi connectivity index (χ1v) is 4.66. The van der Waals surface area contributed by atoms with E-state index in [4.69, 9.17) is 10.2 Å². The summed E-state index contributed by atoms with van der Waals surface area (Å²) in [5, 5.41) is 17.4. The molecule has 0 radical (unpaired) electrons. The Balaban J connectivity index is 2.88. The number of aromatic nitrogens is 2. The van der Waals surface area contributed by atoms with Crippen molar-refractivity contribution >= 4 is 5.97 Å². The molecule has 2 N–H and O–H groups in total. The normalized spacial score (nSPS) is 10.2. The van der Waals surface area contributed by atoms with E-state index < -0.39 is 5.97 Å². The SMILES string of the molecule is C=CCn1cc(CCO)nc1CC(=O)O. The van der Waals surface area contributed by atoms with Gasteiger partial charge in [-0.15, -0.1) is 6.58 Å². The number of carboxylic acids is 1. The smallest absolute Gasteiger partial charge is 0.311 e. The number of nitrogens with zero attached hydrogens (tertiary/aromatic N) is 2. The Morgan fingerprint density at radius 2 is 2.40 bits per heavy atom. The number of aliphatic hydroxyl groups is 1. The van der Waals surface area contributed by atoms with Crippen molar-refractivity contribution in [1.29, 1.82) is 0 Å². The fraction of sp³-hybridized carbons (Fsp3) is 0.400. The second kappa shape index (κ2) is 5.31. The molecule has 0 aliphatic carbocycles. The maximum Gasteiger partial charge on any atom is 0.311 e. The number of carboxylic acid groups (broad SMARTS) is 1. The number of imidazole rings is 1. The lowest BCUT2D eigenvalue weighted by Gasteiger charge is -2.00. The lowest BCUT2D eigenvalue weighted by molar-refractivity contribution is -0.136. The summed E-state index contributed by atoms with van der Waals surface area (Å²) in [6.45, 7) is 4.13. The predicted molar refractivity (Wildman–Crippen MR) is 54.6 cm³/mol. The minimum absolute atomic E-state index is 0.0115. The molecule has 1 aromatic heterocycles. The molecule has 0 fully saturated rings. The maximum atomic E-state index is 10.6. The van der Waals surface area contributed by atoms with Gasteiger partial charge in [-0.1, -0.05) is 6.08 Å². The van der Waals surface area contributed by atoms with E-state index >= 15 is 0 Å². The van der Waals surface area contributed by atoms with Crippen LogP contribution in [0.15, 0.2) is 18.9 Å². The Morgan fingerprint density at radius 1 is 1.67 bits per heavy atom. The van der Waals surface area contributed by atoms with Crippen molar-refractivity contribution in [3.05, 3.63) is 30.4 Å². The number of aliphatic carboxylic acids is 1. The van der Waals surface area contributed by atoms with Crippen LogP contribution in [0.3, 0.4) is 0 Å². The Bertz CT molecular complexity index is 358. The third-order valence-corrected chi connectivity index (χ3v) is 1.91. The molecule has 82 valence electrons. The quantitative estimate of drug-likeness (QED) is 0.659. The van der Waals surface area contributed by atoms with E-state index in [0.29, 0.717) is 24.5 Å². The Hall–Kier alpha value is -1.62. The molecule has 0 aliphatic heterocycles. The highest BCUT2D eigenvalue weighted by molar-refractivity contribution is 5.69. The van der Waals surface area contributed by atoms with Gasteiger partial charge in [0.2, 0.25) is 0 Å². The molecule has 0 spiro atoms. The molecule has 5 heteroatoms. The lowest BCUT2D eigenvalue weighted by atomic mass is 10.3. The van der Waals surface area contributed by atoms with Crippen molar-refractivity contribution in [3.8, 4) is 0 Å². The Kier molecular flexibility index (Phi) is 4.05. The van der Waals surface area contributed by atoms with Crippen LogP contribution in [-0.2, 0) is 24.2 Å². The summed E-state index contributed by atoms with van der Waals surface area (Å²) in [5.41, 5.74) is 0.704. The molecular formula is C10H14N2O3. The molecule has 1 heterocycles. The highest BCUT2D eigenvalue weighted by Crippen LogP contribution is 2.05. The highest BCUT2D eigenvalue weighted by atomic mass is 16.4. The zero-order valence-electron chi connectivity index (χ0n) is 8.39. The van der Waals surface area contributed by atoms with Crippen molar-refractivity contribution in [2.45, 2.75) is 19.4 Å². The van der Waals surface area contributed by atoms with Crippen molar-refractivity contribution in [2.75, 3.05) is 6.61 Å². The minimum Gasteiger partial charge on any atom is -0.481 e. The zero-order valence-corrected chi connectivity index (χ0v) is 8.39. The second-order valence-corrected chi connectivity index (χ2v) is 3.13. The Morgan fingerprint density at radius 3 is 2.93 bits per heavy atom. The maximum absolute atomic E-state index is 10.6. The standard InChI is InChI=1S/C10H14N2O3/c1-2-4-12-7-8(3-5-13)11-9(12)6-10(14)15/h2,7,13H,1,3-6H2,(H,14,15). The van der Waals surface area contributed by atoms with Crippen LogP contribution in [0.25, 0.3) is 0 Å². The average molecular weight is 210 g/mol. The summed E-state index contributed by atoms with van der Waals surface area (Å²) < 4.78 is 1.73. The summed E-state index contributed by atoms with van der Waals surface area (Å²) in [5.74, 6) is -0.424. The van der Waals surface area contributed by atoms with Crippen LogP contribution in [0.4, 0.5) is 0 Å². The van der Waals surface area contributed by atoms with E-state index in [0.717, 1.165) is 0 Å². The van der Waals surface area contributed by atoms with Crippen LogP contribution in [0, 0.1) is 0 Å². The third kappa shape index (κ3) is 3.21. The molecule has 0 unspecified atom stereocenters. The first kappa shape index (κ1) is 11.5. The Labute approximate surface area is 87.7 Å². The van der Waals surface area contributed by atoms with Crippen LogP contribution in [0.5, 0.6) is 0 Å². The summed E-state index contributed by atoms with van der Waals surface area (Å²) in [6, 6.07) is 0. The fourth-order valence-electron chi connectivity index (χ4n) is 1.32. The summed E-state index contributed by atoms with van der Waals surface area (Å²) >= 11 is 0. The van der Waals surface area contributed by atoms with Crippen molar-refractivity contribution in [2.24, 2.45) is 0 Å². The molecule has 0 aliphatic rings. The van der Waals surface area contributed by atoms with Gasteiger partial charge in [-0.05, 0) is 0 Å². The molecule has 0 aromatic carbocycles. The van der Waals surface area contributed by atoms with Gasteiger partial charge in [0.05, 0.1) is 5.69 Å². The molecule has 1 rings (SSSR count). The molecule has 0 saturated carbocycles. The molecule has 0 amide bonds. The topological polar surface area (TPSA) is 75.3 Å². The van der Waals surface area contributed by atoms with E-state index in [9.17, 15) is 4.79 Å². The number of carbonyl (C=O) groups is 1. The van der Waals surface area contributed by atoms with E-state index in [1.807, 2.05) is 0 Å². The van der Waals surface area contributed by atoms with Gasteiger partial charge in [0.25, 0.3) is 0 Å². The third-order valence-electron chi connectivity index (χ3n) is 1.91. The van der Waals surface area contributed by atoms with Crippen LogP contribution in [0.2, 0.25) is 0 Å².